The molecule has 0 radical (unpaired) electrons. The van der Waals surface area contributed by atoms with Crippen molar-refractivity contribution in [1.29, 1.82) is 0 Å². The zero-order valence-electron chi connectivity index (χ0n) is 17.0. The van der Waals surface area contributed by atoms with Crippen LogP contribution in [0.5, 0.6) is 17.2 Å². The molecule has 0 atom stereocenters. The molecule has 28 heavy (non-hydrogen) atoms. The molecule has 0 bridgehead atoms. The molecular formula is C22H29NO5. The number of nitrogens with one attached hydrogen (secondary N) is 1. The standard InChI is InChI=1S/C22H29NO5/c1-5-26-19-12-18(13-20(27-6-2)21(19)28-7-3)22(24)23-14-16-10-8-9-11-17(16)15-25-4/h8-13H,5-7,14-15H2,1-4H3,(H,23,24). The Hall–Kier alpha value is -2.73. The molecule has 0 aliphatic rings. The summed E-state index contributed by atoms with van der Waals surface area (Å²) in [6.45, 7) is 7.95. The molecule has 6 heteroatoms. The van der Waals surface area contributed by atoms with Crippen molar-refractivity contribution in [3.63, 3.8) is 0 Å². The summed E-state index contributed by atoms with van der Waals surface area (Å²) in [6.07, 6.45) is 0. The average Bonchev–Trinajstić information content (AvgIpc) is 2.70. The molecule has 6 nitrogen and oxygen atoms in total. The van der Waals surface area contributed by atoms with Crippen LogP contribution in [0.2, 0.25) is 0 Å². The van der Waals surface area contributed by atoms with E-state index < -0.39 is 0 Å². The van der Waals surface area contributed by atoms with Gasteiger partial charge in [0.05, 0.1) is 26.4 Å². The first kappa shape index (κ1) is 21.6. The highest BCUT2D eigenvalue weighted by atomic mass is 16.5. The first-order valence-corrected chi connectivity index (χ1v) is 9.54. The van der Waals surface area contributed by atoms with Crippen molar-refractivity contribution in [2.45, 2.75) is 33.9 Å². The van der Waals surface area contributed by atoms with E-state index >= 15 is 0 Å². The van der Waals surface area contributed by atoms with E-state index in [-0.39, 0.29) is 5.91 Å². The highest BCUT2D eigenvalue weighted by Gasteiger charge is 2.18. The highest BCUT2D eigenvalue weighted by molar-refractivity contribution is 5.95. The van der Waals surface area contributed by atoms with E-state index in [0.29, 0.717) is 55.8 Å². The predicted molar refractivity (Wildman–Crippen MR) is 108 cm³/mol. The quantitative estimate of drug-likeness (QED) is 0.632. The summed E-state index contributed by atoms with van der Waals surface area (Å²) < 4.78 is 22.3. The lowest BCUT2D eigenvalue weighted by atomic mass is 10.1. The molecule has 2 aromatic rings. The van der Waals surface area contributed by atoms with Gasteiger partial charge in [-0.3, -0.25) is 4.79 Å². The van der Waals surface area contributed by atoms with Gasteiger partial charge in [-0.15, -0.1) is 0 Å². The summed E-state index contributed by atoms with van der Waals surface area (Å²) in [5.74, 6) is 1.31. The van der Waals surface area contributed by atoms with Gasteiger partial charge in [-0.05, 0) is 44.0 Å². The SMILES string of the molecule is CCOc1cc(C(=O)NCc2ccccc2COC)cc(OCC)c1OCC. The molecule has 1 N–H and O–H groups in total. The molecule has 2 aromatic carbocycles. The molecule has 0 saturated heterocycles. The van der Waals surface area contributed by atoms with Crippen molar-refractivity contribution in [2.75, 3.05) is 26.9 Å². The minimum absolute atomic E-state index is 0.211. The van der Waals surface area contributed by atoms with E-state index in [1.165, 1.54) is 0 Å². The number of carbonyl (C=O) groups excluding carboxylic acids is 1. The Morgan fingerprint density at radius 1 is 0.893 bits per heavy atom. The van der Waals surface area contributed by atoms with Crippen LogP contribution < -0.4 is 19.5 Å². The minimum atomic E-state index is -0.211. The number of carbonyl (C=O) groups is 1. The summed E-state index contributed by atoms with van der Waals surface area (Å²) in [7, 11) is 1.65. The van der Waals surface area contributed by atoms with Crippen molar-refractivity contribution in [1.82, 2.24) is 5.32 Å². The van der Waals surface area contributed by atoms with E-state index in [2.05, 4.69) is 5.32 Å². The zero-order chi connectivity index (χ0) is 20.4. The monoisotopic (exact) mass is 387 g/mol. The molecule has 0 fully saturated rings. The Morgan fingerprint density at radius 3 is 2.00 bits per heavy atom. The van der Waals surface area contributed by atoms with Gasteiger partial charge in [0.1, 0.15) is 0 Å². The Labute approximate surface area is 166 Å². The molecule has 0 unspecified atom stereocenters. The van der Waals surface area contributed by atoms with Crippen LogP contribution in [0.3, 0.4) is 0 Å². The van der Waals surface area contributed by atoms with E-state index in [0.717, 1.165) is 11.1 Å². The maximum atomic E-state index is 12.8. The van der Waals surface area contributed by atoms with Crippen LogP contribution in [-0.2, 0) is 17.9 Å². The number of hydrogen-bond donors (Lipinski definition) is 1. The van der Waals surface area contributed by atoms with Crippen LogP contribution in [0.15, 0.2) is 36.4 Å². The Morgan fingerprint density at radius 2 is 1.46 bits per heavy atom. The molecule has 1 amide bonds. The fourth-order valence-corrected chi connectivity index (χ4v) is 2.82. The second kappa shape index (κ2) is 11.2. The second-order valence-electron chi connectivity index (χ2n) is 5.99. The Bertz CT molecular complexity index is 748. The smallest absolute Gasteiger partial charge is 0.251 e. The van der Waals surface area contributed by atoms with Gasteiger partial charge in [-0.2, -0.15) is 0 Å². The fraction of sp³-hybridized carbons (Fsp3) is 0.409. The van der Waals surface area contributed by atoms with E-state index in [9.17, 15) is 4.79 Å². The van der Waals surface area contributed by atoms with Crippen molar-refractivity contribution < 1.29 is 23.7 Å². The third-order valence-corrected chi connectivity index (χ3v) is 4.03. The maximum absolute atomic E-state index is 12.8. The molecule has 0 saturated carbocycles. The van der Waals surface area contributed by atoms with Crippen molar-refractivity contribution in [2.24, 2.45) is 0 Å². The lowest BCUT2D eigenvalue weighted by Crippen LogP contribution is -2.23. The summed E-state index contributed by atoms with van der Waals surface area (Å²) >= 11 is 0. The zero-order valence-corrected chi connectivity index (χ0v) is 17.0. The van der Waals surface area contributed by atoms with Gasteiger partial charge in [0.25, 0.3) is 5.91 Å². The second-order valence-corrected chi connectivity index (χ2v) is 5.99. The normalized spacial score (nSPS) is 10.4. The van der Waals surface area contributed by atoms with Gasteiger partial charge in [0.2, 0.25) is 5.75 Å². The first-order valence-electron chi connectivity index (χ1n) is 9.54. The molecule has 152 valence electrons. The van der Waals surface area contributed by atoms with Crippen LogP contribution >= 0.6 is 0 Å². The first-order chi connectivity index (χ1) is 13.6. The lowest BCUT2D eigenvalue weighted by molar-refractivity contribution is 0.0949. The number of amides is 1. The molecule has 0 spiro atoms. The van der Waals surface area contributed by atoms with E-state index in [1.54, 1.807) is 19.2 Å². The molecule has 0 aliphatic carbocycles. The molecule has 0 aliphatic heterocycles. The number of hydrogen-bond acceptors (Lipinski definition) is 5. The van der Waals surface area contributed by atoms with Crippen molar-refractivity contribution in [3.8, 4) is 17.2 Å². The summed E-state index contributed by atoms with van der Waals surface area (Å²) in [6, 6.07) is 11.2. The minimum Gasteiger partial charge on any atom is -0.490 e. The van der Waals surface area contributed by atoms with Gasteiger partial charge in [0, 0.05) is 19.2 Å². The van der Waals surface area contributed by atoms with Crippen LogP contribution in [0.1, 0.15) is 42.3 Å². The van der Waals surface area contributed by atoms with Crippen molar-refractivity contribution >= 4 is 5.91 Å². The lowest BCUT2D eigenvalue weighted by Gasteiger charge is -2.17. The van der Waals surface area contributed by atoms with Gasteiger partial charge >= 0.3 is 0 Å². The molecule has 0 heterocycles. The number of methoxy groups -OCH3 is 1. The average molecular weight is 387 g/mol. The van der Waals surface area contributed by atoms with Crippen LogP contribution in [0, 0.1) is 0 Å². The maximum Gasteiger partial charge on any atom is 0.251 e. The number of benzene rings is 2. The van der Waals surface area contributed by atoms with Crippen LogP contribution in [-0.4, -0.2) is 32.8 Å². The summed E-state index contributed by atoms with van der Waals surface area (Å²) in [5.41, 5.74) is 2.51. The van der Waals surface area contributed by atoms with Crippen LogP contribution in [0.25, 0.3) is 0 Å². The van der Waals surface area contributed by atoms with E-state index in [1.807, 2.05) is 45.0 Å². The topological polar surface area (TPSA) is 66.0 Å². The number of rotatable bonds is 11. The molecule has 0 aromatic heterocycles. The van der Waals surface area contributed by atoms with Gasteiger partial charge in [-0.1, -0.05) is 24.3 Å². The van der Waals surface area contributed by atoms with Gasteiger partial charge in [-0.25, -0.2) is 0 Å². The number of ether oxygens (including phenoxy) is 4. The van der Waals surface area contributed by atoms with Gasteiger partial charge in [0.15, 0.2) is 11.5 Å². The predicted octanol–water partition coefficient (Wildman–Crippen LogP) is 3.96. The fourth-order valence-electron chi connectivity index (χ4n) is 2.82. The Kier molecular flexibility index (Phi) is 8.62. The van der Waals surface area contributed by atoms with Gasteiger partial charge < -0.3 is 24.3 Å². The van der Waals surface area contributed by atoms with Crippen LogP contribution in [0.4, 0.5) is 0 Å². The Balaban J connectivity index is 2.24. The van der Waals surface area contributed by atoms with E-state index in [4.69, 9.17) is 18.9 Å². The van der Waals surface area contributed by atoms with Crippen molar-refractivity contribution in [3.05, 3.63) is 53.1 Å². The molecular weight excluding hydrogens is 358 g/mol. The highest BCUT2D eigenvalue weighted by Crippen LogP contribution is 2.39. The summed E-state index contributed by atoms with van der Waals surface area (Å²) in [5, 5.41) is 2.96. The summed E-state index contributed by atoms with van der Waals surface area (Å²) in [4.78, 5) is 12.8. The molecule has 2 rings (SSSR count). The third-order valence-electron chi connectivity index (χ3n) is 4.03. The largest absolute Gasteiger partial charge is 0.490 e. The third kappa shape index (κ3) is 5.63.